The Morgan fingerprint density at radius 2 is 1.92 bits per heavy atom. The van der Waals surface area contributed by atoms with Crippen LogP contribution in [0, 0.1) is 29.1 Å². The third kappa shape index (κ3) is 2.07. The maximum absolute atomic E-state index is 11.8. The van der Waals surface area contributed by atoms with Crippen LogP contribution in [0.4, 0.5) is 0 Å². The predicted molar refractivity (Wildman–Crippen MR) is 93.3 cm³/mol. The van der Waals surface area contributed by atoms with E-state index in [4.69, 9.17) is 0 Å². The Hall–Kier alpha value is -0.670. The van der Waals surface area contributed by atoms with E-state index in [1.54, 1.807) is 0 Å². The molecule has 3 nitrogen and oxygen atoms in total. The lowest BCUT2D eigenvalue weighted by atomic mass is 9.45. The summed E-state index contributed by atoms with van der Waals surface area (Å²) in [5.41, 5.74) is -0.277. The number of hydrogen-bond acceptors (Lipinski definition) is 3. The molecule has 0 saturated heterocycles. The summed E-state index contributed by atoms with van der Waals surface area (Å²) in [6, 6.07) is 0. The molecule has 7 atom stereocenters. The first kappa shape index (κ1) is 16.8. The molecule has 3 fully saturated rings. The number of allylic oxidation sites excluding steroid dienone is 1. The van der Waals surface area contributed by atoms with Crippen LogP contribution < -0.4 is 0 Å². The zero-order valence-electron chi connectivity index (χ0n) is 15.3. The lowest BCUT2D eigenvalue weighted by molar-refractivity contribution is -0.200. The topological polar surface area (TPSA) is 57.5 Å². The second-order valence-corrected chi connectivity index (χ2v) is 9.52. The molecule has 4 rings (SSSR count). The van der Waals surface area contributed by atoms with Crippen LogP contribution in [0.15, 0.2) is 11.6 Å². The van der Waals surface area contributed by atoms with E-state index in [1.165, 1.54) is 5.57 Å². The summed E-state index contributed by atoms with van der Waals surface area (Å²) in [5.74, 6) is 1.89. The number of fused-ring (bicyclic) bond motifs is 5. The van der Waals surface area contributed by atoms with Gasteiger partial charge in [-0.1, -0.05) is 12.5 Å². The Morgan fingerprint density at radius 3 is 2.62 bits per heavy atom. The van der Waals surface area contributed by atoms with E-state index in [1.807, 2.05) is 19.9 Å². The minimum atomic E-state index is -0.754. The van der Waals surface area contributed by atoms with E-state index in [2.05, 4.69) is 6.92 Å². The number of carbonyl (C=O) groups excluding carboxylic acids is 1. The van der Waals surface area contributed by atoms with Crippen LogP contribution in [-0.2, 0) is 4.79 Å². The minimum absolute atomic E-state index is 0.149. The van der Waals surface area contributed by atoms with Crippen molar-refractivity contribution in [2.24, 2.45) is 29.1 Å². The van der Waals surface area contributed by atoms with Crippen molar-refractivity contribution in [3.63, 3.8) is 0 Å². The van der Waals surface area contributed by atoms with Crippen LogP contribution in [-0.4, -0.2) is 27.2 Å². The maximum atomic E-state index is 11.8. The summed E-state index contributed by atoms with van der Waals surface area (Å²) >= 11 is 0. The van der Waals surface area contributed by atoms with E-state index in [9.17, 15) is 15.0 Å². The number of carbonyl (C=O) groups is 1. The molecule has 0 aliphatic heterocycles. The van der Waals surface area contributed by atoms with Crippen molar-refractivity contribution in [2.45, 2.75) is 83.3 Å². The zero-order valence-corrected chi connectivity index (χ0v) is 15.3. The van der Waals surface area contributed by atoms with Gasteiger partial charge in [-0.3, -0.25) is 4.79 Å². The molecule has 24 heavy (non-hydrogen) atoms. The zero-order chi connectivity index (χ0) is 17.3. The number of rotatable bonds is 1. The van der Waals surface area contributed by atoms with E-state index in [0.29, 0.717) is 30.6 Å². The van der Waals surface area contributed by atoms with E-state index in [-0.39, 0.29) is 17.1 Å². The van der Waals surface area contributed by atoms with Crippen LogP contribution in [0.3, 0.4) is 0 Å². The Bertz CT molecular complexity index is 588. The first-order valence-electron chi connectivity index (χ1n) is 9.90. The average Bonchev–Trinajstić information content (AvgIpc) is 2.77. The molecule has 0 aromatic carbocycles. The van der Waals surface area contributed by atoms with Gasteiger partial charge in [0.15, 0.2) is 5.78 Å². The summed E-state index contributed by atoms with van der Waals surface area (Å²) in [6.07, 6.45) is 9.08. The third-order valence-corrected chi connectivity index (χ3v) is 8.45. The molecule has 0 aromatic rings. The second-order valence-electron chi connectivity index (χ2n) is 9.52. The molecule has 0 radical (unpaired) electrons. The SMILES string of the molecule is CC[C@]12CC(C)(O)C3C4CCC(=O)C=C4CCC3C1CC[C@]2(C)O. The van der Waals surface area contributed by atoms with Gasteiger partial charge in [-0.05, 0) is 88.5 Å². The number of hydrogen-bond donors (Lipinski definition) is 2. The number of aliphatic hydroxyl groups is 2. The Labute approximate surface area is 145 Å². The van der Waals surface area contributed by atoms with Crippen molar-refractivity contribution in [3.05, 3.63) is 11.6 Å². The molecule has 0 heterocycles. The second kappa shape index (κ2) is 5.17. The van der Waals surface area contributed by atoms with Gasteiger partial charge in [-0.2, -0.15) is 0 Å². The Kier molecular flexibility index (Phi) is 3.61. The average molecular weight is 332 g/mol. The molecular formula is C21H32O3. The Morgan fingerprint density at radius 1 is 1.17 bits per heavy atom. The Balaban J connectivity index is 1.77. The molecule has 0 aromatic heterocycles. The first-order valence-corrected chi connectivity index (χ1v) is 9.90. The normalized spacial score (nSPS) is 53.9. The first-order chi connectivity index (χ1) is 11.2. The van der Waals surface area contributed by atoms with Crippen LogP contribution in [0.5, 0.6) is 0 Å². The quantitative estimate of drug-likeness (QED) is 0.771. The van der Waals surface area contributed by atoms with Gasteiger partial charge in [0.05, 0.1) is 11.2 Å². The van der Waals surface area contributed by atoms with Crippen LogP contribution in [0.1, 0.15) is 72.1 Å². The van der Waals surface area contributed by atoms with Crippen molar-refractivity contribution in [3.8, 4) is 0 Å². The number of ketones is 1. The lowest BCUT2D eigenvalue weighted by Crippen LogP contribution is -2.62. The fourth-order valence-corrected chi connectivity index (χ4v) is 7.53. The van der Waals surface area contributed by atoms with Crippen molar-refractivity contribution < 1.29 is 15.0 Å². The summed E-state index contributed by atoms with van der Waals surface area (Å²) in [6.45, 7) is 6.20. The van der Waals surface area contributed by atoms with Gasteiger partial charge >= 0.3 is 0 Å². The monoisotopic (exact) mass is 332 g/mol. The molecule has 0 spiro atoms. The van der Waals surface area contributed by atoms with Gasteiger partial charge < -0.3 is 10.2 Å². The summed E-state index contributed by atoms with van der Waals surface area (Å²) in [7, 11) is 0. The maximum Gasteiger partial charge on any atom is 0.155 e. The molecule has 3 heteroatoms. The van der Waals surface area contributed by atoms with Crippen molar-refractivity contribution in [1.82, 2.24) is 0 Å². The lowest BCUT2D eigenvalue weighted by Gasteiger charge is -2.61. The van der Waals surface area contributed by atoms with Crippen molar-refractivity contribution in [1.29, 1.82) is 0 Å². The van der Waals surface area contributed by atoms with Gasteiger partial charge in [0, 0.05) is 11.8 Å². The fourth-order valence-electron chi connectivity index (χ4n) is 7.53. The predicted octanol–water partition coefficient (Wildman–Crippen LogP) is 3.63. The molecule has 4 aliphatic carbocycles. The minimum Gasteiger partial charge on any atom is -0.390 e. The van der Waals surface area contributed by atoms with Gasteiger partial charge in [0.2, 0.25) is 0 Å². The molecule has 0 bridgehead atoms. The standard InChI is InChI=1S/C21H32O3/c1-4-21-12-19(2,23)18-15-8-6-14(22)11-13(15)5-7-16(18)17(21)9-10-20(21,3)24/h11,15-18,23-24H,4-10,12H2,1-3H3/t15?,16?,17?,18?,19?,20-,21-/m0/s1. The van der Waals surface area contributed by atoms with Gasteiger partial charge in [0.25, 0.3) is 0 Å². The highest BCUT2D eigenvalue weighted by Crippen LogP contribution is 2.68. The van der Waals surface area contributed by atoms with Gasteiger partial charge in [0.1, 0.15) is 0 Å². The summed E-state index contributed by atoms with van der Waals surface area (Å²) < 4.78 is 0. The van der Waals surface area contributed by atoms with E-state index >= 15 is 0 Å². The highest BCUT2D eigenvalue weighted by atomic mass is 16.3. The molecular weight excluding hydrogens is 300 g/mol. The van der Waals surface area contributed by atoms with Gasteiger partial charge in [-0.15, -0.1) is 0 Å². The molecule has 0 amide bonds. The van der Waals surface area contributed by atoms with Gasteiger partial charge in [-0.25, -0.2) is 0 Å². The smallest absolute Gasteiger partial charge is 0.155 e. The van der Waals surface area contributed by atoms with Crippen molar-refractivity contribution in [2.75, 3.05) is 0 Å². The molecule has 134 valence electrons. The van der Waals surface area contributed by atoms with Crippen LogP contribution in [0.2, 0.25) is 0 Å². The third-order valence-electron chi connectivity index (χ3n) is 8.45. The van der Waals surface area contributed by atoms with Crippen LogP contribution >= 0.6 is 0 Å². The summed E-state index contributed by atoms with van der Waals surface area (Å²) in [4.78, 5) is 11.8. The molecule has 3 saturated carbocycles. The molecule has 4 aliphatic rings. The molecule has 5 unspecified atom stereocenters. The van der Waals surface area contributed by atoms with E-state index < -0.39 is 11.2 Å². The highest BCUT2D eigenvalue weighted by Gasteiger charge is 2.67. The van der Waals surface area contributed by atoms with Crippen LogP contribution in [0.25, 0.3) is 0 Å². The molecule has 2 N–H and O–H groups in total. The highest BCUT2D eigenvalue weighted by molar-refractivity contribution is 5.91. The summed E-state index contributed by atoms with van der Waals surface area (Å²) in [5, 5.41) is 22.7. The fraction of sp³-hybridized carbons (Fsp3) is 0.857. The largest absolute Gasteiger partial charge is 0.390 e. The van der Waals surface area contributed by atoms with E-state index in [0.717, 1.165) is 38.5 Å². The van der Waals surface area contributed by atoms with Crippen molar-refractivity contribution >= 4 is 5.78 Å².